The maximum Gasteiger partial charge on any atom is 0.150 e. The number of ether oxygens (including phenoxy) is 1. The Kier molecular flexibility index (Phi) is 3.48. The molecular weight excluding hydrogens is 262 g/mol. The molecular formula is C18H15NO2. The van der Waals surface area contributed by atoms with Gasteiger partial charge in [-0.3, -0.25) is 0 Å². The second-order valence-electron chi connectivity index (χ2n) is 4.71. The Balaban J connectivity index is 1.81. The molecule has 0 aliphatic rings. The molecule has 3 nitrogen and oxygen atoms in total. The number of phenolic OH excluding ortho intramolecular Hbond substituents is 1. The van der Waals surface area contributed by atoms with Crippen LogP contribution in [0.25, 0.3) is 11.1 Å². The van der Waals surface area contributed by atoms with Crippen molar-refractivity contribution in [2.45, 2.75) is 0 Å². The van der Waals surface area contributed by atoms with E-state index in [1.165, 1.54) is 0 Å². The number of rotatable bonds is 3. The monoisotopic (exact) mass is 277 g/mol. The van der Waals surface area contributed by atoms with Gasteiger partial charge < -0.3 is 15.6 Å². The van der Waals surface area contributed by atoms with Crippen LogP contribution in [0.5, 0.6) is 17.2 Å². The first-order chi connectivity index (χ1) is 10.2. The van der Waals surface area contributed by atoms with Crippen LogP contribution in [0.1, 0.15) is 0 Å². The summed E-state index contributed by atoms with van der Waals surface area (Å²) in [6.45, 7) is 0. The number of nitrogens with two attached hydrogens (primary N) is 1. The standard InChI is InChI=1S/C18H15NO2/c19-17-3-1-2-4-18(17)21-16-11-7-14(8-12-16)13-5-9-15(20)10-6-13/h1-12,20H,19H2. The quantitative estimate of drug-likeness (QED) is 0.696. The van der Waals surface area contributed by atoms with Gasteiger partial charge in [0.2, 0.25) is 0 Å². The normalized spacial score (nSPS) is 10.3. The fourth-order valence-electron chi connectivity index (χ4n) is 2.07. The third-order valence-electron chi connectivity index (χ3n) is 3.20. The fourth-order valence-corrected chi connectivity index (χ4v) is 2.07. The fraction of sp³-hybridized carbons (Fsp3) is 0. The van der Waals surface area contributed by atoms with Gasteiger partial charge in [0.25, 0.3) is 0 Å². The Morgan fingerprint density at radius 1 is 0.714 bits per heavy atom. The molecule has 0 radical (unpaired) electrons. The zero-order chi connectivity index (χ0) is 14.7. The van der Waals surface area contributed by atoms with E-state index in [0.29, 0.717) is 11.4 Å². The molecule has 0 unspecified atom stereocenters. The summed E-state index contributed by atoms with van der Waals surface area (Å²) in [4.78, 5) is 0. The second kappa shape index (κ2) is 5.59. The van der Waals surface area contributed by atoms with Crippen LogP contribution in [-0.4, -0.2) is 5.11 Å². The molecule has 0 spiro atoms. The molecule has 3 rings (SSSR count). The molecule has 3 aromatic carbocycles. The molecule has 0 aliphatic carbocycles. The third kappa shape index (κ3) is 2.98. The van der Waals surface area contributed by atoms with E-state index >= 15 is 0 Å². The van der Waals surface area contributed by atoms with Crippen molar-refractivity contribution >= 4 is 5.69 Å². The molecule has 3 aromatic rings. The van der Waals surface area contributed by atoms with E-state index in [2.05, 4.69) is 0 Å². The molecule has 21 heavy (non-hydrogen) atoms. The molecule has 3 heteroatoms. The van der Waals surface area contributed by atoms with Gasteiger partial charge in [0.15, 0.2) is 0 Å². The first-order valence-electron chi connectivity index (χ1n) is 6.64. The number of aromatic hydroxyl groups is 1. The number of phenols is 1. The Hall–Kier alpha value is -2.94. The molecule has 104 valence electrons. The zero-order valence-corrected chi connectivity index (χ0v) is 11.4. The zero-order valence-electron chi connectivity index (χ0n) is 11.4. The summed E-state index contributed by atoms with van der Waals surface area (Å²) in [5, 5.41) is 9.31. The van der Waals surface area contributed by atoms with Crippen molar-refractivity contribution in [3.63, 3.8) is 0 Å². The van der Waals surface area contributed by atoms with Gasteiger partial charge in [0, 0.05) is 0 Å². The van der Waals surface area contributed by atoms with Crippen molar-refractivity contribution in [3.05, 3.63) is 72.8 Å². The molecule has 3 N–H and O–H groups in total. The Morgan fingerprint density at radius 2 is 1.29 bits per heavy atom. The molecule has 0 bridgehead atoms. The summed E-state index contributed by atoms with van der Waals surface area (Å²) in [6, 6.07) is 22.2. The lowest BCUT2D eigenvalue weighted by molar-refractivity contribution is 0.475. The van der Waals surface area contributed by atoms with E-state index in [0.717, 1.165) is 16.9 Å². The number of hydrogen-bond donors (Lipinski definition) is 2. The topological polar surface area (TPSA) is 55.5 Å². The van der Waals surface area contributed by atoms with Crippen LogP contribution < -0.4 is 10.5 Å². The van der Waals surface area contributed by atoms with Crippen LogP contribution in [0.4, 0.5) is 5.69 Å². The summed E-state index contributed by atoms with van der Waals surface area (Å²) in [5.41, 5.74) is 8.57. The summed E-state index contributed by atoms with van der Waals surface area (Å²) < 4.78 is 5.75. The van der Waals surface area contributed by atoms with Gasteiger partial charge >= 0.3 is 0 Å². The van der Waals surface area contributed by atoms with Gasteiger partial charge in [-0.1, -0.05) is 36.4 Å². The number of para-hydroxylation sites is 2. The predicted molar refractivity (Wildman–Crippen MR) is 84.5 cm³/mol. The average molecular weight is 277 g/mol. The Bertz CT molecular complexity index is 734. The van der Waals surface area contributed by atoms with Gasteiger partial charge in [0.05, 0.1) is 5.69 Å². The lowest BCUT2D eigenvalue weighted by Gasteiger charge is -2.09. The van der Waals surface area contributed by atoms with Gasteiger partial charge in [-0.15, -0.1) is 0 Å². The van der Waals surface area contributed by atoms with E-state index in [-0.39, 0.29) is 5.75 Å². The van der Waals surface area contributed by atoms with Crippen LogP contribution in [-0.2, 0) is 0 Å². The number of anilines is 1. The van der Waals surface area contributed by atoms with Crippen molar-refractivity contribution < 1.29 is 9.84 Å². The van der Waals surface area contributed by atoms with Crippen molar-refractivity contribution in [3.8, 4) is 28.4 Å². The SMILES string of the molecule is Nc1ccccc1Oc1ccc(-c2ccc(O)cc2)cc1. The minimum atomic E-state index is 0.262. The molecule has 0 heterocycles. The smallest absolute Gasteiger partial charge is 0.150 e. The maximum atomic E-state index is 9.31. The number of hydrogen-bond acceptors (Lipinski definition) is 3. The molecule has 0 aliphatic heterocycles. The largest absolute Gasteiger partial charge is 0.508 e. The second-order valence-corrected chi connectivity index (χ2v) is 4.71. The van der Waals surface area contributed by atoms with Crippen LogP contribution in [0, 0.1) is 0 Å². The van der Waals surface area contributed by atoms with E-state index in [9.17, 15) is 5.11 Å². The van der Waals surface area contributed by atoms with Crippen LogP contribution in [0.3, 0.4) is 0 Å². The molecule has 0 saturated heterocycles. The highest BCUT2D eigenvalue weighted by atomic mass is 16.5. The summed E-state index contributed by atoms with van der Waals surface area (Å²) >= 11 is 0. The summed E-state index contributed by atoms with van der Waals surface area (Å²) in [6.07, 6.45) is 0. The summed E-state index contributed by atoms with van der Waals surface area (Å²) in [7, 11) is 0. The van der Waals surface area contributed by atoms with E-state index in [1.54, 1.807) is 18.2 Å². The molecule has 0 amide bonds. The minimum absolute atomic E-state index is 0.262. The van der Waals surface area contributed by atoms with Gasteiger partial charge in [-0.2, -0.15) is 0 Å². The van der Waals surface area contributed by atoms with Gasteiger partial charge in [0.1, 0.15) is 17.2 Å². The number of nitrogen functional groups attached to an aromatic ring is 1. The predicted octanol–water partition coefficient (Wildman–Crippen LogP) is 4.43. The first-order valence-corrected chi connectivity index (χ1v) is 6.64. The lowest BCUT2D eigenvalue weighted by atomic mass is 10.1. The van der Waals surface area contributed by atoms with Gasteiger partial charge in [-0.05, 0) is 47.5 Å². The molecule has 0 fully saturated rings. The Morgan fingerprint density at radius 3 is 1.90 bits per heavy atom. The van der Waals surface area contributed by atoms with Crippen molar-refractivity contribution in [1.82, 2.24) is 0 Å². The van der Waals surface area contributed by atoms with E-state index in [1.807, 2.05) is 54.6 Å². The first kappa shape index (κ1) is 13.1. The average Bonchev–Trinajstić information content (AvgIpc) is 2.51. The lowest BCUT2D eigenvalue weighted by Crippen LogP contribution is -1.91. The maximum absolute atomic E-state index is 9.31. The highest BCUT2D eigenvalue weighted by Crippen LogP contribution is 2.29. The third-order valence-corrected chi connectivity index (χ3v) is 3.20. The van der Waals surface area contributed by atoms with E-state index < -0.39 is 0 Å². The molecule has 0 saturated carbocycles. The highest BCUT2D eigenvalue weighted by Gasteiger charge is 2.02. The van der Waals surface area contributed by atoms with Crippen LogP contribution in [0.2, 0.25) is 0 Å². The van der Waals surface area contributed by atoms with Crippen molar-refractivity contribution in [2.75, 3.05) is 5.73 Å². The van der Waals surface area contributed by atoms with Gasteiger partial charge in [-0.25, -0.2) is 0 Å². The number of benzene rings is 3. The highest BCUT2D eigenvalue weighted by molar-refractivity contribution is 5.65. The van der Waals surface area contributed by atoms with Crippen LogP contribution >= 0.6 is 0 Å². The van der Waals surface area contributed by atoms with Crippen molar-refractivity contribution in [2.24, 2.45) is 0 Å². The molecule has 0 atom stereocenters. The Labute approximate surface area is 123 Å². The molecule has 0 aromatic heterocycles. The van der Waals surface area contributed by atoms with E-state index in [4.69, 9.17) is 10.5 Å². The van der Waals surface area contributed by atoms with Crippen LogP contribution in [0.15, 0.2) is 72.8 Å². The minimum Gasteiger partial charge on any atom is -0.508 e. The summed E-state index contributed by atoms with van der Waals surface area (Å²) in [5.74, 6) is 1.64. The van der Waals surface area contributed by atoms with Crippen molar-refractivity contribution in [1.29, 1.82) is 0 Å².